The number of halogens is 2. The molecule has 0 unspecified atom stereocenters. The van der Waals surface area contributed by atoms with E-state index in [1.807, 2.05) is 24.3 Å². The molecule has 1 aliphatic rings. The third-order valence-corrected chi connectivity index (χ3v) is 5.62. The van der Waals surface area contributed by atoms with Gasteiger partial charge in [-0.15, -0.1) is 0 Å². The van der Waals surface area contributed by atoms with Crippen LogP contribution in [0.15, 0.2) is 48.5 Å². The summed E-state index contributed by atoms with van der Waals surface area (Å²) in [4.78, 5) is 17.2. The lowest BCUT2D eigenvalue weighted by Crippen LogP contribution is -2.49. The number of ether oxygens (including phenoxy) is 1. The Hall–Kier alpha value is -3.06. The zero-order valence-electron chi connectivity index (χ0n) is 16.8. The predicted octanol–water partition coefficient (Wildman–Crippen LogP) is 3.94. The summed E-state index contributed by atoms with van der Waals surface area (Å²) >= 11 is 6.51. The molecule has 0 saturated carbocycles. The van der Waals surface area contributed by atoms with E-state index in [0.29, 0.717) is 43.1 Å². The van der Waals surface area contributed by atoms with Gasteiger partial charge >= 0.3 is 0 Å². The maximum atomic E-state index is 13.2. The second kappa shape index (κ2) is 8.36. The van der Waals surface area contributed by atoms with Crippen molar-refractivity contribution in [1.82, 2.24) is 14.7 Å². The molecule has 0 bridgehead atoms. The van der Waals surface area contributed by atoms with Gasteiger partial charge in [0.2, 0.25) is 0 Å². The summed E-state index contributed by atoms with van der Waals surface area (Å²) in [5.41, 5.74) is 2.60. The van der Waals surface area contributed by atoms with Crippen LogP contribution in [0.25, 0.3) is 5.69 Å². The largest absolute Gasteiger partial charge is 0.497 e. The van der Waals surface area contributed by atoms with Crippen molar-refractivity contribution >= 4 is 23.2 Å². The van der Waals surface area contributed by atoms with E-state index in [9.17, 15) is 9.18 Å². The summed E-state index contributed by atoms with van der Waals surface area (Å²) in [6.07, 6.45) is 0. The smallest absolute Gasteiger partial charge is 0.259 e. The van der Waals surface area contributed by atoms with E-state index in [0.717, 1.165) is 11.4 Å². The zero-order valence-corrected chi connectivity index (χ0v) is 17.6. The van der Waals surface area contributed by atoms with Crippen molar-refractivity contribution in [3.05, 3.63) is 70.8 Å². The summed E-state index contributed by atoms with van der Waals surface area (Å²) < 4.78 is 20.0. The van der Waals surface area contributed by atoms with Crippen molar-refractivity contribution in [2.75, 3.05) is 38.2 Å². The Balaban J connectivity index is 1.50. The van der Waals surface area contributed by atoms with Crippen LogP contribution in [0, 0.1) is 12.7 Å². The van der Waals surface area contributed by atoms with Crippen LogP contribution in [0.3, 0.4) is 0 Å². The molecular weight excluding hydrogens is 407 g/mol. The fraction of sp³-hybridized carbons (Fsp3) is 0.273. The van der Waals surface area contributed by atoms with Crippen molar-refractivity contribution in [1.29, 1.82) is 0 Å². The molecule has 0 radical (unpaired) electrons. The molecular formula is C22H22ClFN4O2. The van der Waals surface area contributed by atoms with Gasteiger partial charge in [0.25, 0.3) is 5.91 Å². The summed E-state index contributed by atoms with van der Waals surface area (Å²) in [6, 6.07) is 13.7. The second-order valence-electron chi connectivity index (χ2n) is 7.12. The molecule has 6 nitrogen and oxygen atoms in total. The third kappa shape index (κ3) is 3.85. The quantitative estimate of drug-likeness (QED) is 0.631. The molecule has 8 heteroatoms. The number of benzene rings is 2. The Morgan fingerprint density at radius 3 is 2.43 bits per heavy atom. The van der Waals surface area contributed by atoms with Crippen molar-refractivity contribution in [2.45, 2.75) is 6.92 Å². The normalized spacial score (nSPS) is 14.1. The first-order valence-corrected chi connectivity index (χ1v) is 10.0. The van der Waals surface area contributed by atoms with Gasteiger partial charge in [-0.25, -0.2) is 9.07 Å². The number of aryl methyl sites for hydroxylation is 1. The number of nitrogens with zero attached hydrogens (tertiary/aromatic N) is 4. The van der Waals surface area contributed by atoms with Gasteiger partial charge in [0.1, 0.15) is 16.7 Å². The Kier molecular flexibility index (Phi) is 5.63. The molecule has 1 amide bonds. The maximum Gasteiger partial charge on any atom is 0.259 e. The van der Waals surface area contributed by atoms with Gasteiger partial charge in [0, 0.05) is 37.9 Å². The Morgan fingerprint density at radius 2 is 1.77 bits per heavy atom. The van der Waals surface area contributed by atoms with Gasteiger partial charge in [0.05, 0.1) is 24.1 Å². The molecule has 2 heterocycles. The Morgan fingerprint density at radius 1 is 1.07 bits per heavy atom. The van der Waals surface area contributed by atoms with Crippen LogP contribution < -0.4 is 9.64 Å². The van der Waals surface area contributed by atoms with Crippen LogP contribution in [-0.4, -0.2) is 53.9 Å². The van der Waals surface area contributed by atoms with E-state index < -0.39 is 0 Å². The van der Waals surface area contributed by atoms with Crippen LogP contribution in [0.5, 0.6) is 5.75 Å². The van der Waals surface area contributed by atoms with E-state index in [1.165, 1.54) is 16.8 Å². The minimum atomic E-state index is -0.344. The molecule has 0 aliphatic carbocycles. The SMILES string of the molecule is COc1cccc(N2CCN(C(=O)c3c(C)nn(-c4ccc(F)cc4)c3Cl)CC2)c1. The van der Waals surface area contributed by atoms with Gasteiger partial charge < -0.3 is 14.5 Å². The van der Waals surface area contributed by atoms with Gasteiger partial charge in [0.15, 0.2) is 0 Å². The number of hydrogen-bond donors (Lipinski definition) is 0. The number of rotatable bonds is 4. The number of amides is 1. The summed E-state index contributed by atoms with van der Waals surface area (Å²) in [5, 5.41) is 4.63. The van der Waals surface area contributed by atoms with E-state index in [4.69, 9.17) is 16.3 Å². The number of hydrogen-bond acceptors (Lipinski definition) is 4. The van der Waals surface area contributed by atoms with Crippen molar-refractivity contribution < 1.29 is 13.9 Å². The summed E-state index contributed by atoms with van der Waals surface area (Å²) in [5.74, 6) is 0.321. The average Bonchev–Trinajstić information content (AvgIpc) is 3.07. The number of methoxy groups -OCH3 is 1. The first kappa shape index (κ1) is 20.2. The zero-order chi connectivity index (χ0) is 21.3. The van der Waals surface area contributed by atoms with E-state index in [1.54, 1.807) is 31.1 Å². The second-order valence-corrected chi connectivity index (χ2v) is 7.48. The third-order valence-electron chi connectivity index (χ3n) is 5.27. The van der Waals surface area contributed by atoms with Crippen molar-refractivity contribution in [3.8, 4) is 11.4 Å². The van der Waals surface area contributed by atoms with E-state index in [2.05, 4.69) is 10.00 Å². The molecule has 3 aromatic rings. The molecule has 1 aliphatic heterocycles. The molecule has 1 saturated heterocycles. The molecule has 1 aromatic heterocycles. The topological polar surface area (TPSA) is 50.6 Å². The monoisotopic (exact) mass is 428 g/mol. The Bertz CT molecular complexity index is 1060. The highest BCUT2D eigenvalue weighted by Crippen LogP contribution is 2.27. The van der Waals surface area contributed by atoms with Crippen LogP contribution in [0.2, 0.25) is 5.15 Å². The predicted molar refractivity (Wildman–Crippen MR) is 114 cm³/mol. The molecule has 1 fully saturated rings. The van der Waals surface area contributed by atoms with Crippen molar-refractivity contribution in [2.24, 2.45) is 0 Å². The molecule has 0 atom stereocenters. The minimum absolute atomic E-state index is 0.142. The molecule has 4 rings (SSSR count). The fourth-order valence-electron chi connectivity index (χ4n) is 3.63. The van der Waals surface area contributed by atoms with Gasteiger partial charge in [-0.1, -0.05) is 17.7 Å². The summed E-state index contributed by atoms with van der Waals surface area (Å²) in [6.45, 7) is 4.33. The number of anilines is 1. The highest BCUT2D eigenvalue weighted by molar-refractivity contribution is 6.33. The van der Waals surface area contributed by atoms with Crippen LogP contribution >= 0.6 is 11.6 Å². The minimum Gasteiger partial charge on any atom is -0.497 e. The van der Waals surface area contributed by atoms with Crippen LogP contribution in [0.1, 0.15) is 16.1 Å². The number of aromatic nitrogens is 2. The molecule has 30 heavy (non-hydrogen) atoms. The maximum absolute atomic E-state index is 13.2. The highest BCUT2D eigenvalue weighted by Gasteiger charge is 2.28. The average molecular weight is 429 g/mol. The standard InChI is InChI=1S/C22H22ClFN4O2/c1-15-20(21(23)28(25-15)17-8-6-16(24)7-9-17)22(29)27-12-10-26(11-13-27)18-4-3-5-19(14-18)30-2/h3-9,14H,10-13H2,1-2H3. The molecule has 0 spiro atoms. The highest BCUT2D eigenvalue weighted by atomic mass is 35.5. The van der Waals surface area contributed by atoms with Gasteiger partial charge in [-0.05, 0) is 43.3 Å². The Labute approximate surface area is 179 Å². The van der Waals surface area contributed by atoms with Crippen LogP contribution in [-0.2, 0) is 0 Å². The van der Waals surface area contributed by atoms with Crippen LogP contribution in [0.4, 0.5) is 10.1 Å². The first-order chi connectivity index (χ1) is 14.5. The lowest BCUT2D eigenvalue weighted by atomic mass is 10.2. The molecule has 0 N–H and O–H groups in total. The van der Waals surface area contributed by atoms with Gasteiger partial charge in [-0.2, -0.15) is 5.10 Å². The van der Waals surface area contributed by atoms with Crippen molar-refractivity contribution in [3.63, 3.8) is 0 Å². The van der Waals surface area contributed by atoms with E-state index in [-0.39, 0.29) is 16.9 Å². The number of carbonyl (C=O) groups is 1. The number of piperazine rings is 1. The lowest BCUT2D eigenvalue weighted by Gasteiger charge is -2.36. The molecule has 2 aromatic carbocycles. The lowest BCUT2D eigenvalue weighted by molar-refractivity contribution is 0.0746. The summed E-state index contributed by atoms with van der Waals surface area (Å²) in [7, 11) is 1.65. The van der Waals surface area contributed by atoms with E-state index >= 15 is 0 Å². The first-order valence-electron chi connectivity index (χ1n) is 9.67. The number of carbonyl (C=O) groups excluding carboxylic acids is 1. The van der Waals surface area contributed by atoms with Gasteiger partial charge in [-0.3, -0.25) is 4.79 Å². The molecule has 156 valence electrons. The fourth-order valence-corrected chi connectivity index (χ4v) is 3.98.